The van der Waals surface area contributed by atoms with Crippen molar-refractivity contribution < 1.29 is 5.11 Å². The molecule has 0 unspecified atom stereocenters. The molecule has 0 amide bonds. The summed E-state index contributed by atoms with van der Waals surface area (Å²) in [5.74, 6) is 0. The summed E-state index contributed by atoms with van der Waals surface area (Å²) in [7, 11) is 1.87. The topological polar surface area (TPSA) is 74.2 Å². The summed E-state index contributed by atoms with van der Waals surface area (Å²) in [6.45, 7) is 3.65. The van der Waals surface area contributed by atoms with Crippen LogP contribution in [-0.4, -0.2) is 37.9 Å². The SMILES string of the molecule is Cc1cccc2cc(CN(CCO)Cc3cnn(C)c3)c(=O)[nH]c12. The number of aryl methyl sites for hydroxylation is 2. The molecule has 2 N–H and O–H groups in total. The Hall–Kier alpha value is -2.44. The first-order valence-corrected chi connectivity index (χ1v) is 7.99. The van der Waals surface area contributed by atoms with Gasteiger partial charge in [-0.3, -0.25) is 14.4 Å². The summed E-state index contributed by atoms with van der Waals surface area (Å²) in [6, 6.07) is 7.91. The fourth-order valence-electron chi connectivity index (χ4n) is 2.95. The molecule has 3 rings (SSSR count). The average Bonchev–Trinajstić information content (AvgIpc) is 2.94. The van der Waals surface area contributed by atoms with Crippen molar-refractivity contribution in [3.63, 3.8) is 0 Å². The molecule has 0 saturated heterocycles. The summed E-state index contributed by atoms with van der Waals surface area (Å²) < 4.78 is 1.75. The molecule has 6 nitrogen and oxygen atoms in total. The number of aliphatic hydroxyl groups is 1. The Labute approximate surface area is 140 Å². The van der Waals surface area contributed by atoms with E-state index in [0.29, 0.717) is 25.2 Å². The number of fused-ring (bicyclic) bond motifs is 1. The number of benzene rings is 1. The zero-order valence-corrected chi connectivity index (χ0v) is 14.0. The van der Waals surface area contributed by atoms with Crippen molar-refractivity contribution in [2.24, 2.45) is 7.05 Å². The molecule has 0 aliphatic carbocycles. The maximum atomic E-state index is 12.4. The van der Waals surface area contributed by atoms with Crippen LogP contribution in [0.5, 0.6) is 0 Å². The monoisotopic (exact) mass is 326 g/mol. The molecule has 0 aliphatic rings. The molecule has 6 heteroatoms. The Kier molecular flexibility index (Phi) is 4.78. The smallest absolute Gasteiger partial charge is 0.252 e. The number of pyridine rings is 1. The van der Waals surface area contributed by atoms with Crippen molar-refractivity contribution in [1.29, 1.82) is 0 Å². The zero-order chi connectivity index (χ0) is 17.1. The third-order valence-electron chi connectivity index (χ3n) is 4.14. The third-order valence-corrected chi connectivity index (χ3v) is 4.14. The minimum atomic E-state index is -0.0778. The number of nitrogens with zero attached hydrogens (tertiary/aromatic N) is 3. The number of aromatic amines is 1. The molecule has 3 aromatic rings. The van der Waals surface area contributed by atoms with E-state index >= 15 is 0 Å². The average molecular weight is 326 g/mol. The molecule has 0 bridgehead atoms. The highest BCUT2D eigenvalue weighted by Gasteiger charge is 2.12. The second-order valence-corrected chi connectivity index (χ2v) is 6.12. The van der Waals surface area contributed by atoms with Crippen LogP contribution in [0.2, 0.25) is 0 Å². The van der Waals surface area contributed by atoms with E-state index in [1.165, 1.54) is 0 Å². The van der Waals surface area contributed by atoms with Gasteiger partial charge in [0.15, 0.2) is 0 Å². The van der Waals surface area contributed by atoms with Gasteiger partial charge < -0.3 is 10.1 Å². The van der Waals surface area contributed by atoms with Crippen molar-refractivity contribution in [2.45, 2.75) is 20.0 Å². The van der Waals surface area contributed by atoms with Crippen LogP contribution >= 0.6 is 0 Å². The van der Waals surface area contributed by atoms with E-state index in [0.717, 1.165) is 22.0 Å². The lowest BCUT2D eigenvalue weighted by Gasteiger charge is -2.20. The fourth-order valence-corrected chi connectivity index (χ4v) is 2.95. The Morgan fingerprint density at radius 3 is 2.88 bits per heavy atom. The van der Waals surface area contributed by atoms with Gasteiger partial charge in [0.1, 0.15) is 0 Å². The van der Waals surface area contributed by atoms with Crippen LogP contribution in [0.4, 0.5) is 0 Å². The van der Waals surface area contributed by atoms with E-state index in [1.54, 1.807) is 10.9 Å². The Morgan fingerprint density at radius 2 is 2.17 bits per heavy atom. The third kappa shape index (κ3) is 3.55. The lowest BCUT2D eigenvalue weighted by Crippen LogP contribution is -2.29. The van der Waals surface area contributed by atoms with Gasteiger partial charge in [-0.25, -0.2) is 0 Å². The fraction of sp³-hybridized carbons (Fsp3) is 0.333. The van der Waals surface area contributed by atoms with E-state index in [2.05, 4.69) is 10.1 Å². The number of nitrogens with one attached hydrogen (secondary N) is 1. The number of hydrogen-bond acceptors (Lipinski definition) is 4. The zero-order valence-electron chi connectivity index (χ0n) is 14.0. The molecule has 0 saturated carbocycles. The normalized spacial score (nSPS) is 11.5. The van der Waals surface area contributed by atoms with Gasteiger partial charge in [-0.2, -0.15) is 5.10 Å². The predicted molar refractivity (Wildman–Crippen MR) is 93.7 cm³/mol. The van der Waals surface area contributed by atoms with Crippen molar-refractivity contribution in [3.05, 3.63) is 63.7 Å². The Morgan fingerprint density at radius 1 is 1.33 bits per heavy atom. The minimum Gasteiger partial charge on any atom is -0.395 e. The number of para-hydroxylation sites is 1. The molecule has 24 heavy (non-hydrogen) atoms. The van der Waals surface area contributed by atoms with Crippen molar-refractivity contribution in [1.82, 2.24) is 19.7 Å². The largest absolute Gasteiger partial charge is 0.395 e. The van der Waals surface area contributed by atoms with Gasteiger partial charge in [0.25, 0.3) is 5.56 Å². The van der Waals surface area contributed by atoms with Crippen LogP contribution in [0.15, 0.2) is 41.5 Å². The second-order valence-electron chi connectivity index (χ2n) is 6.12. The summed E-state index contributed by atoms with van der Waals surface area (Å²) in [5, 5.41) is 14.5. The summed E-state index contributed by atoms with van der Waals surface area (Å²) in [5.41, 5.74) is 3.61. The molecule has 0 fully saturated rings. The van der Waals surface area contributed by atoms with Gasteiger partial charge in [-0.1, -0.05) is 18.2 Å². The van der Waals surface area contributed by atoms with Crippen molar-refractivity contribution >= 4 is 10.9 Å². The van der Waals surface area contributed by atoms with E-state index in [4.69, 9.17) is 0 Å². The molecule has 0 spiro atoms. The van der Waals surface area contributed by atoms with Crippen molar-refractivity contribution in [3.8, 4) is 0 Å². The number of rotatable bonds is 6. The predicted octanol–water partition coefficient (Wildman–Crippen LogP) is 1.56. The van der Waals surface area contributed by atoms with Crippen molar-refractivity contribution in [2.75, 3.05) is 13.2 Å². The summed E-state index contributed by atoms with van der Waals surface area (Å²) >= 11 is 0. The van der Waals surface area contributed by atoms with Crippen LogP contribution in [0.25, 0.3) is 10.9 Å². The minimum absolute atomic E-state index is 0.0465. The number of aromatic nitrogens is 3. The Balaban J connectivity index is 1.87. The molecule has 126 valence electrons. The molecular formula is C18H22N4O2. The standard InChI is InChI=1S/C18H22N4O2/c1-13-4-3-5-15-8-16(18(24)20-17(13)15)12-22(6-7-23)11-14-9-19-21(2)10-14/h3-5,8-10,23H,6-7,11-12H2,1-2H3,(H,20,24). The van der Waals surface area contributed by atoms with Gasteiger partial charge in [0.05, 0.1) is 18.3 Å². The summed E-state index contributed by atoms with van der Waals surface area (Å²) in [4.78, 5) is 17.4. The van der Waals surface area contributed by atoms with Crippen LogP contribution in [0.1, 0.15) is 16.7 Å². The van der Waals surface area contributed by atoms with Gasteiger partial charge >= 0.3 is 0 Å². The maximum absolute atomic E-state index is 12.4. The quantitative estimate of drug-likeness (QED) is 0.721. The summed E-state index contributed by atoms with van der Waals surface area (Å²) in [6.07, 6.45) is 3.75. The first kappa shape index (κ1) is 16.4. The molecule has 2 heterocycles. The highest BCUT2D eigenvalue weighted by atomic mass is 16.3. The van der Waals surface area contributed by atoms with E-state index in [-0.39, 0.29) is 12.2 Å². The van der Waals surface area contributed by atoms with Crippen LogP contribution in [0.3, 0.4) is 0 Å². The van der Waals surface area contributed by atoms with Crippen LogP contribution in [-0.2, 0) is 20.1 Å². The first-order chi connectivity index (χ1) is 11.6. The lowest BCUT2D eigenvalue weighted by molar-refractivity contribution is 0.184. The lowest BCUT2D eigenvalue weighted by atomic mass is 10.1. The first-order valence-electron chi connectivity index (χ1n) is 7.99. The number of H-pyrrole nitrogens is 1. The molecule has 1 aromatic carbocycles. The molecular weight excluding hydrogens is 304 g/mol. The highest BCUT2D eigenvalue weighted by Crippen LogP contribution is 2.16. The maximum Gasteiger partial charge on any atom is 0.252 e. The molecule has 0 aliphatic heterocycles. The van der Waals surface area contributed by atoms with Crippen LogP contribution < -0.4 is 5.56 Å². The molecule has 2 aromatic heterocycles. The number of hydrogen-bond donors (Lipinski definition) is 2. The van der Waals surface area contributed by atoms with E-state index < -0.39 is 0 Å². The van der Waals surface area contributed by atoms with Gasteiger partial charge in [-0.05, 0) is 23.9 Å². The van der Waals surface area contributed by atoms with Gasteiger partial charge in [0.2, 0.25) is 0 Å². The van der Waals surface area contributed by atoms with Gasteiger partial charge in [-0.15, -0.1) is 0 Å². The highest BCUT2D eigenvalue weighted by molar-refractivity contribution is 5.81. The molecule has 0 atom stereocenters. The van der Waals surface area contributed by atoms with E-state index in [1.807, 2.05) is 49.3 Å². The second kappa shape index (κ2) is 6.98. The number of aliphatic hydroxyl groups excluding tert-OH is 1. The Bertz CT molecular complexity index is 897. The van der Waals surface area contributed by atoms with Gasteiger partial charge in [0, 0.05) is 44.0 Å². The molecule has 0 radical (unpaired) electrons. The van der Waals surface area contributed by atoms with Crippen LogP contribution in [0, 0.1) is 6.92 Å². The van der Waals surface area contributed by atoms with E-state index in [9.17, 15) is 9.90 Å².